The van der Waals surface area contributed by atoms with E-state index in [-0.39, 0.29) is 34.5 Å². The number of nitriles is 1. The number of benzene rings is 1. The molecule has 0 aliphatic heterocycles. The van der Waals surface area contributed by atoms with Crippen LogP contribution >= 0.6 is 11.6 Å². The van der Waals surface area contributed by atoms with Gasteiger partial charge in [-0.15, -0.1) is 0 Å². The van der Waals surface area contributed by atoms with E-state index in [1.165, 1.54) is 10.4 Å². The van der Waals surface area contributed by atoms with Gasteiger partial charge in [0.25, 0.3) is 0 Å². The smallest absolute Gasteiger partial charge is 0.337 e. The first kappa shape index (κ1) is 17.4. The van der Waals surface area contributed by atoms with Crippen LogP contribution in [0.15, 0.2) is 23.1 Å². The molecule has 21 heavy (non-hydrogen) atoms. The van der Waals surface area contributed by atoms with Gasteiger partial charge in [-0.05, 0) is 32.0 Å². The minimum Gasteiger partial charge on any atom is -0.478 e. The van der Waals surface area contributed by atoms with Gasteiger partial charge in [0.15, 0.2) is 0 Å². The SMILES string of the molecule is CC(C)N(CCC#N)S(=O)(=O)c1ccc(C(=O)O)c(Cl)c1. The number of rotatable bonds is 6. The average molecular weight is 331 g/mol. The summed E-state index contributed by atoms with van der Waals surface area (Å²) >= 11 is 5.80. The summed E-state index contributed by atoms with van der Waals surface area (Å²) in [5, 5.41) is 17.4. The van der Waals surface area contributed by atoms with Crippen LogP contribution in [0.2, 0.25) is 5.02 Å². The van der Waals surface area contributed by atoms with Crippen LogP contribution in [0.3, 0.4) is 0 Å². The summed E-state index contributed by atoms with van der Waals surface area (Å²) in [6, 6.07) is 5.04. The summed E-state index contributed by atoms with van der Waals surface area (Å²) in [5.74, 6) is -1.23. The number of carboxylic acid groups (broad SMARTS) is 1. The Bertz CT molecular complexity index is 680. The number of nitrogens with zero attached hydrogens (tertiary/aromatic N) is 2. The van der Waals surface area contributed by atoms with Crippen LogP contribution in [0, 0.1) is 11.3 Å². The van der Waals surface area contributed by atoms with E-state index < -0.39 is 16.0 Å². The van der Waals surface area contributed by atoms with Gasteiger partial charge in [0.05, 0.1) is 21.6 Å². The lowest BCUT2D eigenvalue weighted by molar-refractivity contribution is 0.0697. The lowest BCUT2D eigenvalue weighted by atomic mass is 10.2. The summed E-state index contributed by atoms with van der Waals surface area (Å²) < 4.78 is 26.2. The Morgan fingerprint density at radius 1 is 1.48 bits per heavy atom. The fraction of sp³-hybridized carbons (Fsp3) is 0.385. The average Bonchev–Trinajstić information content (AvgIpc) is 2.37. The number of carboxylic acids is 1. The van der Waals surface area contributed by atoms with Crippen molar-refractivity contribution in [2.24, 2.45) is 0 Å². The van der Waals surface area contributed by atoms with Crippen molar-refractivity contribution in [3.63, 3.8) is 0 Å². The second-order valence-corrected chi connectivity index (χ2v) is 6.86. The minimum atomic E-state index is -3.83. The Hall–Kier alpha value is -1.62. The first-order chi connectivity index (χ1) is 9.71. The van der Waals surface area contributed by atoms with Gasteiger partial charge in [0.2, 0.25) is 10.0 Å². The maximum atomic E-state index is 12.5. The van der Waals surface area contributed by atoms with Gasteiger partial charge in [-0.1, -0.05) is 11.6 Å². The normalized spacial score (nSPS) is 11.6. The van der Waals surface area contributed by atoms with Crippen molar-refractivity contribution < 1.29 is 18.3 Å². The predicted molar refractivity (Wildman–Crippen MR) is 77.7 cm³/mol. The minimum absolute atomic E-state index is 0.0643. The third-order valence-electron chi connectivity index (χ3n) is 2.80. The molecular formula is C13H15ClN2O4S. The van der Waals surface area contributed by atoms with E-state index in [0.29, 0.717) is 0 Å². The van der Waals surface area contributed by atoms with Crippen LogP contribution in [0.25, 0.3) is 0 Å². The highest BCUT2D eigenvalue weighted by molar-refractivity contribution is 7.89. The van der Waals surface area contributed by atoms with Gasteiger partial charge >= 0.3 is 5.97 Å². The summed E-state index contributed by atoms with van der Waals surface area (Å²) in [6.07, 6.45) is 0.0678. The maximum absolute atomic E-state index is 12.5. The fourth-order valence-corrected chi connectivity index (χ4v) is 3.77. The zero-order valence-corrected chi connectivity index (χ0v) is 13.1. The second-order valence-electron chi connectivity index (χ2n) is 4.56. The van der Waals surface area contributed by atoms with Crippen LogP contribution in [0.1, 0.15) is 30.6 Å². The molecule has 1 aromatic carbocycles. The van der Waals surface area contributed by atoms with E-state index in [2.05, 4.69) is 0 Å². The van der Waals surface area contributed by atoms with Crippen LogP contribution in [-0.4, -0.2) is 36.4 Å². The molecule has 0 bridgehead atoms. The van der Waals surface area contributed by atoms with Gasteiger partial charge in [0, 0.05) is 19.0 Å². The van der Waals surface area contributed by atoms with E-state index >= 15 is 0 Å². The van der Waals surface area contributed by atoms with Crippen LogP contribution in [0.5, 0.6) is 0 Å². The molecule has 1 aromatic rings. The van der Waals surface area contributed by atoms with E-state index in [1.807, 2.05) is 6.07 Å². The number of halogens is 1. The van der Waals surface area contributed by atoms with E-state index in [1.54, 1.807) is 13.8 Å². The molecule has 8 heteroatoms. The molecule has 114 valence electrons. The first-order valence-corrected chi connectivity index (χ1v) is 7.95. The summed E-state index contributed by atoms with van der Waals surface area (Å²) in [4.78, 5) is 10.8. The molecule has 0 saturated carbocycles. The molecule has 0 saturated heterocycles. The van der Waals surface area contributed by atoms with Crippen molar-refractivity contribution >= 4 is 27.6 Å². The molecule has 0 atom stereocenters. The predicted octanol–water partition coefficient (Wildman–Crippen LogP) is 2.35. The first-order valence-electron chi connectivity index (χ1n) is 6.13. The Labute approximate surface area is 128 Å². The van der Waals surface area contributed by atoms with Gasteiger partial charge in [-0.25, -0.2) is 13.2 Å². The number of hydrogen-bond acceptors (Lipinski definition) is 4. The zero-order valence-electron chi connectivity index (χ0n) is 11.6. The monoisotopic (exact) mass is 330 g/mol. The highest BCUT2D eigenvalue weighted by Gasteiger charge is 2.27. The van der Waals surface area contributed by atoms with E-state index in [0.717, 1.165) is 12.1 Å². The van der Waals surface area contributed by atoms with Gasteiger partial charge in [0.1, 0.15) is 0 Å². The molecule has 0 unspecified atom stereocenters. The molecule has 6 nitrogen and oxygen atoms in total. The van der Waals surface area contributed by atoms with Crippen LogP contribution in [0.4, 0.5) is 0 Å². The number of aromatic carboxylic acids is 1. The molecule has 0 heterocycles. The van der Waals surface area contributed by atoms with Crippen molar-refractivity contribution in [3.05, 3.63) is 28.8 Å². The van der Waals surface area contributed by atoms with E-state index in [4.69, 9.17) is 22.0 Å². The zero-order chi connectivity index (χ0) is 16.2. The third kappa shape index (κ3) is 3.94. The largest absolute Gasteiger partial charge is 0.478 e. The van der Waals surface area contributed by atoms with Crippen LogP contribution in [-0.2, 0) is 10.0 Å². The second kappa shape index (κ2) is 6.89. The van der Waals surface area contributed by atoms with Crippen molar-refractivity contribution in [2.75, 3.05) is 6.54 Å². The molecule has 0 fully saturated rings. The van der Waals surface area contributed by atoms with Gasteiger partial charge in [-0.3, -0.25) is 0 Å². The lowest BCUT2D eigenvalue weighted by Crippen LogP contribution is -2.37. The Kier molecular flexibility index (Phi) is 5.72. The molecule has 0 spiro atoms. The maximum Gasteiger partial charge on any atom is 0.337 e. The summed E-state index contributed by atoms with van der Waals surface area (Å²) in [6.45, 7) is 3.46. The van der Waals surface area contributed by atoms with Crippen LogP contribution < -0.4 is 0 Å². The molecule has 0 aliphatic carbocycles. The molecule has 0 amide bonds. The lowest BCUT2D eigenvalue weighted by Gasteiger charge is -2.25. The van der Waals surface area contributed by atoms with Crippen molar-refractivity contribution in [1.29, 1.82) is 5.26 Å². The van der Waals surface area contributed by atoms with Crippen molar-refractivity contribution in [1.82, 2.24) is 4.31 Å². The summed E-state index contributed by atoms with van der Waals surface area (Å²) in [5.41, 5.74) is -0.163. The Morgan fingerprint density at radius 2 is 2.10 bits per heavy atom. The fourth-order valence-electron chi connectivity index (χ4n) is 1.78. The molecule has 0 aliphatic rings. The third-order valence-corrected chi connectivity index (χ3v) is 5.18. The topological polar surface area (TPSA) is 98.5 Å². The summed E-state index contributed by atoms with van der Waals surface area (Å²) in [7, 11) is -3.83. The highest BCUT2D eigenvalue weighted by Crippen LogP contribution is 2.24. The van der Waals surface area contributed by atoms with Gasteiger partial charge < -0.3 is 5.11 Å². The number of hydrogen-bond donors (Lipinski definition) is 1. The molecular weight excluding hydrogens is 316 g/mol. The number of carbonyl (C=O) groups is 1. The van der Waals surface area contributed by atoms with Gasteiger partial charge in [-0.2, -0.15) is 9.57 Å². The molecule has 1 N–H and O–H groups in total. The van der Waals surface area contributed by atoms with Crippen molar-refractivity contribution in [3.8, 4) is 6.07 Å². The Balaban J connectivity index is 3.26. The molecule has 0 radical (unpaired) electrons. The molecule has 1 rings (SSSR count). The standard InChI is InChI=1S/C13H15ClN2O4S/c1-9(2)16(7-3-6-15)21(19,20)10-4-5-11(13(17)18)12(14)8-10/h4-5,8-9H,3,7H2,1-2H3,(H,17,18). The van der Waals surface area contributed by atoms with E-state index in [9.17, 15) is 13.2 Å². The molecule has 0 aromatic heterocycles. The number of sulfonamides is 1. The highest BCUT2D eigenvalue weighted by atomic mass is 35.5. The quantitative estimate of drug-likeness (QED) is 0.863. The Morgan fingerprint density at radius 3 is 2.52 bits per heavy atom. The van der Waals surface area contributed by atoms with Crippen molar-refractivity contribution in [2.45, 2.75) is 31.2 Å².